The van der Waals surface area contributed by atoms with Crippen molar-refractivity contribution < 1.29 is 71.7 Å². The van der Waals surface area contributed by atoms with Gasteiger partial charge < -0.3 is 17.7 Å². The van der Waals surface area contributed by atoms with Gasteiger partial charge in [0, 0.05) is 57.2 Å². The Balaban J connectivity index is 1.37. The summed E-state index contributed by atoms with van der Waals surface area (Å²) in [5, 5.41) is 10.9. The molecule has 5 aromatic rings. The molecule has 65 heavy (non-hydrogen) atoms. The zero-order valence-electron chi connectivity index (χ0n) is 32.7. The molecule has 0 aliphatic heterocycles. The number of aliphatic hydroxyl groups is 1. The van der Waals surface area contributed by atoms with Gasteiger partial charge in [0.2, 0.25) is 11.5 Å². The summed E-state index contributed by atoms with van der Waals surface area (Å²) < 4.78 is 104. The van der Waals surface area contributed by atoms with Gasteiger partial charge in [0.25, 0.3) is 11.6 Å². The summed E-state index contributed by atoms with van der Waals surface area (Å²) in [6, 6.07) is 19.5. The molecule has 1 unspecified atom stereocenters. The van der Waals surface area contributed by atoms with E-state index in [0.29, 0.717) is 0 Å². The summed E-state index contributed by atoms with van der Waals surface area (Å²) in [4.78, 5) is 48.0. The van der Waals surface area contributed by atoms with Crippen molar-refractivity contribution in [3.05, 3.63) is 160 Å². The number of carbonyl (C=O) groups is 3. The maximum Gasteiger partial charge on any atom is 0.412 e. The van der Waals surface area contributed by atoms with Gasteiger partial charge in [-0.1, -0.05) is 66.7 Å². The third kappa shape index (κ3) is 7.66. The molecule has 22 heteroatoms. The van der Waals surface area contributed by atoms with Gasteiger partial charge in [-0.15, -0.1) is 0 Å². The van der Waals surface area contributed by atoms with Crippen molar-refractivity contribution >= 4 is 83.1 Å². The van der Waals surface area contributed by atoms with E-state index in [1.165, 1.54) is 78.9 Å². The highest BCUT2D eigenvalue weighted by molar-refractivity contribution is 7.88. The smallest absolute Gasteiger partial charge is 0.376 e. The van der Waals surface area contributed by atoms with Crippen LogP contribution in [0.25, 0.3) is 18.2 Å². The van der Waals surface area contributed by atoms with Gasteiger partial charge in [-0.3, -0.25) is 14.4 Å². The molecule has 0 amide bonds. The molecule has 0 saturated heterocycles. The second-order valence-electron chi connectivity index (χ2n) is 13.9. The molecule has 0 radical (unpaired) electrons. The number of benzene rings is 5. The van der Waals surface area contributed by atoms with Crippen LogP contribution < -0.4 is 12.5 Å². The maximum atomic E-state index is 14.6. The summed E-state index contributed by atoms with van der Waals surface area (Å²) in [6.45, 7) is 0. The van der Waals surface area contributed by atoms with Gasteiger partial charge in [0.1, 0.15) is 14.7 Å². The molecule has 0 heterocycles. The van der Waals surface area contributed by atoms with Crippen LogP contribution in [0.1, 0.15) is 65.0 Å². The highest BCUT2D eigenvalue weighted by atomic mass is 32.2. The number of nitrogens with one attached hydrogen (secondary N) is 3. The normalized spacial score (nSPS) is 15.2. The summed E-state index contributed by atoms with van der Waals surface area (Å²) in [5.74, 6) is -6.14. The molecule has 4 N–H and O–H groups in total. The summed E-state index contributed by atoms with van der Waals surface area (Å²) in [6.07, 6.45) is 5.31. The summed E-state index contributed by atoms with van der Waals surface area (Å²) >= 11 is 0. The fraction of sp³-hybridized carbons (Fsp3) is 0.0233. The van der Waals surface area contributed by atoms with Gasteiger partial charge in [0.05, 0.1) is 36.5 Å². The molecule has 8 rings (SSSR count). The zero-order valence-corrected chi connectivity index (χ0v) is 35.1. The second-order valence-corrected chi connectivity index (χ2v) is 18.4. The van der Waals surface area contributed by atoms with Crippen molar-refractivity contribution in [1.29, 1.82) is 16.6 Å². The SMILES string of the molecule is N=[N+]=C1C=Cc2c(cccc2S(=O)(=O)Oc2ccc(C(=O)c3ccccc3)c(OS(=O)(=O)c3cccc4c3C=CC(=[N+]=N)C4=O)c2OS(=O)(=O)c2cccc3c2C=CC(=[N+]=N)C3O)C1=O. The molecule has 0 fully saturated rings. The molecule has 0 bridgehead atoms. The summed E-state index contributed by atoms with van der Waals surface area (Å²) in [5.41, 5.74) is 19.4. The Labute approximate surface area is 367 Å². The molecule has 3 aliphatic carbocycles. The van der Waals surface area contributed by atoms with Gasteiger partial charge in [-0.2, -0.15) is 25.3 Å². The third-order valence-corrected chi connectivity index (χ3v) is 14.0. The minimum absolute atomic E-state index is 0.0422. The van der Waals surface area contributed by atoms with Gasteiger partial charge in [-0.25, -0.2) is 0 Å². The number of Topliss-reactive ketones (excluding diaryl/α,β-unsaturated/α-hetero) is 2. The average Bonchev–Trinajstić information content (AvgIpc) is 3.30. The van der Waals surface area contributed by atoms with Crippen molar-refractivity contribution in [2.75, 3.05) is 0 Å². The Morgan fingerprint density at radius 2 is 1.02 bits per heavy atom. The van der Waals surface area contributed by atoms with Gasteiger partial charge in [-0.05, 0) is 48.6 Å². The van der Waals surface area contributed by atoms with Crippen LogP contribution in [0.15, 0.2) is 130 Å². The lowest BCUT2D eigenvalue weighted by Gasteiger charge is -2.21. The lowest BCUT2D eigenvalue weighted by atomic mass is 9.93. The first kappa shape index (κ1) is 43.3. The largest absolute Gasteiger partial charge is 0.412 e. The van der Waals surface area contributed by atoms with Crippen LogP contribution in [0.3, 0.4) is 0 Å². The predicted octanol–water partition coefficient (Wildman–Crippen LogP) is 4.74. The fourth-order valence-corrected chi connectivity index (χ4v) is 10.6. The van der Waals surface area contributed by atoms with Crippen LogP contribution in [-0.2, 0) is 30.4 Å². The third-order valence-electron chi connectivity index (χ3n) is 10.1. The van der Waals surface area contributed by atoms with Crippen LogP contribution >= 0.6 is 0 Å². The topological polar surface area (TPSA) is 315 Å². The van der Waals surface area contributed by atoms with Crippen molar-refractivity contribution in [2.24, 2.45) is 0 Å². The van der Waals surface area contributed by atoms with Crippen LogP contribution in [0.2, 0.25) is 0 Å². The number of rotatable bonds is 11. The maximum absolute atomic E-state index is 14.6. The molecule has 322 valence electrons. The van der Waals surface area contributed by atoms with Gasteiger partial charge >= 0.3 is 47.5 Å². The van der Waals surface area contributed by atoms with Crippen LogP contribution in [0, 0.1) is 16.6 Å². The van der Waals surface area contributed by atoms with Crippen molar-refractivity contribution in [2.45, 2.75) is 20.8 Å². The van der Waals surface area contributed by atoms with Crippen molar-refractivity contribution in [3.8, 4) is 17.2 Å². The van der Waals surface area contributed by atoms with E-state index in [4.69, 9.17) is 29.1 Å². The monoisotopic (exact) mass is 931 g/mol. The lowest BCUT2D eigenvalue weighted by Crippen LogP contribution is -2.23. The quantitative estimate of drug-likeness (QED) is 0.0603. The molecule has 0 saturated carbocycles. The van der Waals surface area contributed by atoms with Crippen LogP contribution in [0.4, 0.5) is 0 Å². The number of hydrogen-bond acceptors (Lipinski definition) is 16. The number of ketones is 3. The van der Waals surface area contributed by atoms with Crippen molar-refractivity contribution in [1.82, 2.24) is 0 Å². The first-order chi connectivity index (χ1) is 31.0. The van der Waals surface area contributed by atoms with Crippen molar-refractivity contribution in [3.63, 3.8) is 0 Å². The van der Waals surface area contributed by atoms with Crippen LogP contribution in [-0.4, -0.2) is 79.2 Å². The molecule has 0 aromatic heterocycles. The van der Waals surface area contributed by atoms with E-state index in [1.54, 1.807) is 6.07 Å². The van der Waals surface area contributed by atoms with E-state index < -0.39 is 91.3 Å². The van der Waals surface area contributed by atoms with E-state index >= 15 is 0 Å². The Morgan fingerprint density at radius 3 is 1.55 bits per heavy atom. The fourth-order valence-electron chi connectivity index (χ4n) is 7.07. The van der Waals surface area contributed by atoms with Crippen LogP contribution in [0.5, 0.6) is 17.2 Å². The minimum atomic E-state index is -5.34. The molecule has 1 atom stereocenters. The van der Waals surface area contributed by atoms with E-state index in [0.717, 1.165) is 48.6 Å². The number of aliphatic hydroxyl groups excluding tert-OH is 1. The van der Waals surface area contributed by atoms with E-state index in [-0.39, 0.29) is 56.1 Å². The highest BCUT2D eigenvalue weighted by Crippen LogP contribution is 2.46. The second kappa shape index (κ2) is 16.4. The Morgan fingerprint density at radius 1 is 0.523 bits per heavy atom. The first-order valence-electron chi connectivity index (χ1n) is 18.5. The Hall–Kier alpha value is -8.32. The number of fused-ring (bicyclic) bond motifs is 3. The predicted molar refractivity (Wildman–Crippen MR) is 224 cm³/mol. The number of hydrogen-bond donors (Lipinski definition) is 4. The number of carbonyl (C=O) groups excluding carboxylic acids is 3. The molecular formula is C43H27N6O13S3+3. The standard InChI is InChI=1S/C43H27N6O13S3/c44-47-31-19-15-24-27(39(31)51)9-4-12-35(24)63(54,55)60-34-22-18-30(38(50)23-7-2-1-3-8-23)42(61-64(56,57)36-13-5-10-28-25(36)16-20-32(48-45)40(28)52)43(34)62-65(58,59)37-14-6-11-29-26(37)17-21-33(49-46)41(29)53/h1-22,41,44-46,53H/q+3. The summed E-state index contributed by atoms with van der Waals surface area (Å²) in [7, 11) is -15.9. The Kier molecular flexibility index (Phi) is 10.9. The van der Waals surface area contributed by atoms with Gasteiger partial charge in [0.15, 0.2) is 17.6 Å². The highest BCUT2D eigenvalue weighted by Gasteiger charge is 2.39. The van der Waals surface area contributed by atoms with E-state index in [1.807, 2.05) is 0 Å². The lowest BCUT2D eigenvalue weighted by molar-refractivity contribution is -0.127. The average molecular weight is 932 g/mol. The zero-order chi connectivity index (χ0) is 46.4. The van der Waals surface area contributed by atoms with E-state index in [9.17, 15) is 44.7 Å². The van der Waals surface area contributed by atoms with E-state index in [2.05, 4.69) is 14.4 Å². The Bertz CT molecular complexity index is 3600. The number of nitrogens with zero attached hydrogens (tertiary/aromatic N) is 3. The molecule has 5 aromatic carbocycles. The molecule has 19 nitrogen and oxygen atoms in total. The molecular weight excluding hydrogens is 905 g/mol. The molecule has 3 aliphatic rings. The first-order valence-corrected chi connectivity index (χ1v) is 22.8. The number of allylic oxidation sites excluding steroid dienone is 2. The molecule has 0 spiro atoms. The minimum Gasteiger partial charge on any atom is -0.376 e.